The molecule has 12 heavy (non-hydrogen) atoms. The smallest absolute Gasteiger partial charge is 0.331 e. The fourth-order valence-corrected chi connectivity index (χ4v) is 0.787. The molecule has 0 aromatic rings. The summed E-state index contributed by atoms with van der Waals surface area (Å²) >= 11 is 0. The first kappa shape index (κ1) is 10.8. The molecule has 1 N–H and O–H groups in total. The lowest BCUT2D eigenvalue weighted by Gasteiger charge is -2.13. The van der Waals surface area contributed by atoms with Gasteiger partial charge in [-0.05, 0) is 6.42 Å². The molecule has 68 valence electrons. The quantitative estimate of drug-likeness (QED) is 0.489. The third-order valence-electron chi connectivity index (χ3n) is 1.52. The van der Waals surface area contributed by atoms with Gasteiger partial charge in [-0.25, -0.2) is 4.79 Å². The summed E-state index contributed by atoms with van der Waals surface area (Å²) in [5, 5.41) is 8.51. The lowest BCUT2D eigenvalue weighted by atomic mass is 10.1. The summed E-state index contributed by atoms with van der Waals surface area (Å²) in [4.78, 5) is 10.4. The second-order valence-corrected chi connectivity index (χ2v) is 2.45. The van der Waals surface area contributed by atoms with Gasteiger partial charge in [0.25, 0.3) is 0 Å². The van der Waals surface area contributed by atoms with Gasteiger partial charge in [0.1, 0.15) is 6.10 Å². The summed E-state index contributed by atoms with van der Waals surface area (Å²) in [5.74, 6) is -0.971. The van der Waals surface area contributed by atoms with E-state index < -0.39 is 5.97 Å². The topological polar surface area (TPSA) is 46.5 Å². The first-order valence-electron chi connectivity index (χ1n) is 3.79. The van der Waals surface area contributed by atoms with E-state index in [9.17, 15) is 4.79 Å². The first-order chi connectivity index (χ1) is 5.61. The number of hydrogen-bond donors (Lipinski definition) is 1. The standard InChI is InChI=1S/C9H14O3/c1-4-8(12-5-2)6-7(3)9(10)11/h5,8H,2-4,6H2,1H3,(H,10,11). The van der Waals surface area contributed by atoms with E-state index in [0.29, 0.717) is 6.42 Å². The maximum absolute atomic E-state index is 10.4. The summed E-state index contributed by atoms with van der Waals surface area (Å²) in [6.45, 7) is 8.73. The van der Waals surface area contributed by atoms with Gasteiger partial charge in [0, 0.05) is 12.0 Å². The Bertz CT molecular complexity index is 184. The van der Waals surface area contributed by atoms with Gasteiger partial charge in [-0.3, -0.25) is 0 Å². The van der Waals surface area contributed by atoms with E-state index in [2.05, 4.69) is 13.2 Å². The SMILES string of the molecule is C=COC(CC)CC(=C)C(=O)O. The molecule has 3 nitrogen and oxygen atoms in total. The van der Waals surface area contributed by atoms with Crippen molar-refractivity contribution in [2.24, 2.45) is 0 Å². The molecular formula is C9H14O3. The Labute approximate surface area is 72.3 Å². The van der Waals surface area contributed by atoms with Crippen molar-refractivity contribution in [3.8, 4) is 0 Å². The lowest BCUT2D eigenvalue weighted by Crippen LogP contribution is -2.12. The van der Waals surface area contributed by atoms with Crippen molar-refractivity contribution >= 4 is 5.97 Å². The average molecular weight is 170 g/mol. The van der Waals surface area contributed by atoms with Gasteiger partial charge in [-0.15, -0.1) is 0 Å². The molecule has 0 saturated heterocycles. The minimum absolute atomic E-state index is 0.119. The Morgan fingerprint density at radius 3 is 2.67 bits per heavy atom. The molecule has 0 aromatic carbocycles. The van der Waals surface area contributed by atoms with Crippen molar-refractivity contribution in [2.75, 3.05) is 0 Å². The van der Waals surface area contributed by atoms with Crippen LogP contribution in [0, 0.1) is 0 Å². The van der Waals surface area contributed by atoms with Crippen molar-refractivity contribution in [2.45, 2.75) is 25.9 Å². The predicted octanol–water partition coefficient (Wildman–Crippen LogP) is 1.96. The Kier molecular flexibility index (Phi) is 4.84. The van der Waals surface area contributed by atoms with Gasteiger partial charge in [0.05, 0.1) is 6.26 Å². The maximum Gasteiger partial charge on any atom is 0.331 e. The summed E-state index contributed by atoms with van der Waals surface area (Å²) in [6.07, 6.45) is 2.30. The van der Waals surface area contributed by atoms with Crippen molar-refractivity contribution in [3.63, 3.8) is 0 Å². The van der Waals surface area contributed by atoms with Crippen LogP contribution in [0.1, 0.15) is 19.8 Å². The summed E-state index contributed by atoms with van der Waals surface area (Å²) < 4.78 is 5.05. The van der Waals surface area contributed by atoms with Crippen LogP contribution in [0.25, 0.3) is 0 Å². The van der Waals surface area contributed by atoms with E-state index in [1.807, 2.05) is 6.92 Å². The second-order valence-electron chi connectivity index (χ2n) is 2.45. The molecule has 0 rings (SSSR count). The van der Waals surface area contributed by atoms with Crippen molar-refractivity contribution in [1.82, 2.24) is 0 Å². The molecule has 1 atom stereocenters. The van der Waals surface area contributed by atoms with Crippen LogP contribution in [0.5, 0.6) is 0 Å². The van der Waals surface area contributed by atoms with Crippen molar-refractivity contribution in [1.29, 1.82) is 0 Å². The van der Waals surface area contributed by atoms with Crippen molar-refractivity contribution < 1.29 is 14.6 Å². The van der Waals surface area contributed by atoms with Crippen LogP contribution >= 0.6 is 0 Å². The van der Waals surface area contributed by atoms with E-state index in [1.165, 1.54) is 6.26 Å². The van der Waals surface area contributed by atoms with Crippen LogP contribution < -0.4 is 0 Å². The Hall–Kier alpha value is -1.25. The van der Waals surface area contributed by atoms with Gasteiger partial charge in [-0.2, -0.15) is 0 Å². The molecule has 0 heterocycles. The molecular weight excluding hydrogens is 156 g/mol. The summed E-state index contributed by atoms with van der Waals surface area (Å²) in [7, 11) is 0. The molecule has 3 heteroatoms. The van der Waals surface area contributed by atoms with Gasteiger partial charge < -0.3 is 9.84 Å². The van der Waals surface area contributed by atoms with Crippen molar-refractivity contribution in [3.05, 3.63) is 25.0 Å². The van der Waals surface area contributed by atoms with Crippen LogP contribution in [-0.2, 0) is 9.53 Å². The van der Waals surface area contributed by atoms with Gasteiger partial charge >= 0.3 is 5.97 Å². The minimum atomic E-state index is -0.971. The van der Waals surface area contributed by atoms with E-state index >= 15 is 0 Å². The van der Waals surface area contributed by atoms with Gasteiger partial charge in [-0.1, -0.05) is 20.1 Å². The number of carbonyl (C=O) groups is 1. The summed E-state index contributed by atoms with van der Waals surface area (Å²) in [5.41, 5.74) is 0.170. The van der Waals surface area contributed by atoms with Crippen LogP contribution in [0.2, 0.25) is 0 Å². The number of hydrogen-bond acceptors (Lipinski definition) is 2. The molecule has 0 aliphatic rings. The average Bonchev–Trinajstić information content (AvgIpc) is 2.03. The van der Waals surface area contributed by atoms with Gasteiger partial charge in [0.15, 0.2) is 0 Å². The molecule has 0 aromatic heterocycles. The first-order valence-corrected chi connectivity index (χ1v) is 3.79. The zero-order valence-electron chi connectivity index (χ0n) is 7.25. The Balaban J connectivity index is 3.93. The lowest BCUT2D eigenvalue weighted by molar-refractivity contribution is -0.133. The molecule has 0 radical (unpaired) electrons. The van der Waals surface area contributed by atoms with E-state index in [0.717, 1.165) is 6.42 Å². The number of aliphatic carboxylic acids is 1. The number of ether oxygens (including phenoxy) is 1. The van der Waals surface area contributed by atoms with Gasteiger partial charge in [0.2, 0.25) is 0 Å². The molecule has 0 aliphatic carbocycles. The van der Waals surface area contributed by atoms with E-state index in [-0.39, 0.29) is 11.7 Å². The zero-order valence-corrected chi connectivity index (χ0v) is 7.25. The Morgan fingerprint density at radius 2 is 2.33 bits per heavy atom. The molecule has 1 unspecified atom stereocenters. The fraction of sp³-hybridized carbons (Fsp3) is 0.444. The Morgan fingerprint density at radius 1 is 1.75 bits per heavy atom. The third-order valence-corrected chi connectivity index (χ3v) is 1.52. The van der Waals surface area contributed by atoms with Crippen LogP contribution in [0.4, 0.5) is 0 Å². The normalized spacial score (nSPS) is 11.8. The minimum Gasteiger partial charge on any atom is -0.498 e. The maximum atomic E-state index is 10.4. The predicted molar refractivity (Wildman–Crippen MR) is 46.8 cm³/mol. The highest BCUT2D eigenvalue weighted by Gasteiger charge is 2.11. The number of carboxylic acid groups (broad SMARTS) is 1. The highest BCUT2D eigenvalue weighted by molar-refractivity contribution is 5.85. The second kappa shape index (κ2) is 5.41. The fourth-order valence-electron chi connectivity index (χ4n) is 0.787. The molecule has 0 aliphatic heterocycles. The van der Waals surface area contributed by atoms with Crippen LogP contribution in [0.15, 0.2) is 25.0 Å². The molecule has 0 spiro atoms. The molecule has 0 saturated carbocycles. The molecule has 0 fully saturated rings. The highest BCUT2D eigenvalue weighted by Crippen LogP contribution is 2.10. The number of rotatable bonds is 6. The zero-order chi connectivity index (χ0) is 9.56. The van der Waals surface area contributed by atoms with Crippen LogP contribution in [-0.4, -0.2) is 17.2 Å². The molecule has 0 amide bonds. The molecule has 0 bridgehead atoms. The monoisotopic (exact) mass is 170 g/mol. The third kappa shape index (κ3) is 3.81. The highest BCUT2D eigenvalue weighted by atomic mass is 16.5. The van der Waals surface area contributed by atoms with E-state index in [1.54, 1.807) is 0 Å². The largest absolute Gasteiger partial charge is 0.498 e. The van der Waals surface area contributed by atoms with E-state index in [4.69, 9.17) is 9.84 Å². The number of carboxylic acids is 1. The van der Waals surface area contributed by atoms with Crippen LogP contribution in [0.3, 0.4) is 0 Å². The summed E-state index contributed by atoms with van der Waals surface area (Å²) in [6, 6.07) is 0.